The Morgan fingerprint density at radius 1 is 1.24 bits per heavy atom. The lowest BCUT2D eigenvalue weighted by Crippen LogP contribution is -2.58. The SMILES string of the molecule is Cc1cc(F)c(C2CCN(C(=O)[C@H]3C[C@]4(COCN4)C3)CC2)cc1F. The molecule has 4 nitrogen and oxygen atoms in total. The van der Waals surface area contributed by atoms with Crippen molar-refractivity contribution in [2.24, 2.45) is 5.92 Å². The summed E-state index contributed by atoms with van der Waals surface area (Å²) in [6.45, 7) is 4.07. The lowest BCUT2D eigenvalue weighted by atomic mass is 9.68. The summed E-state index contributed by atoms with van der Waals surface area (Å²) >= 11 is 0. The van der Waals surface area contributed by atoms with E-state index >= 15 is 0 Å². The molecule has 0 atom stereocenters. The minimum atomic E-state index is -0.360. The number of benzene rings is 1. The van der Waals surface area contributed by atoms with Crippen LogP contribution in [0.5, 0.6) is 0 Å². The molecule has 1 saturated carbocycles. The molecule has 3 aliphatic rings. The average Bonchev–Trinajstić information content (AvgIpc) is 3.06. The Hall–Kier alpha value is -1.53. The molecule has 2 heterocycles. The molecular formula is C19H24F2N2O2. The van der Waals surface area contributed by atoms with Gasteiger partial charge in [0.25, 0.3) is 0 Å². The third-order valence-corrected chi connectivity index (χ3v) is 6.08. The lowest BCUT2D eigenvalue weighted by Gasteiger charge is -2.45. The number of likely N-dealkylation sites (tertiary alicyclic amines) is 1. The van der Waals surface area contributed by atoms with Crippen molar-refractivity contribution in [3.8, 4) is 0 Å². The van der Waals surface area contributed by atoms with Crippen molar-refractivity contribution in [2.75, 3.05) is 26.4 Å². The minimum Gasteiger partial charge on any atom is -0.364 e. The van der Waals surface area contributed by atoms with Gasteiger partial charge in [-0.05, 0) is 61.8 Å². The zero-order valence-corrected chi connectivity index (χ0v) is 14.5. The number of hydrogen-bond donors (Lipinski definition) is 1. The lowest BCUT2D eigenvalue weighted by molar-refractivity contribution is -0.142. The van der Waals surface area contributed by atoms with Crippen LogP contribution in [0.4, 0.5) is 8.78 Å². The molecule has 1 aromatic carbocycles. The van der Waals surface area contributed by atoms with E-state index in [2.05, 4.69) is 5.32 Å². The zero-order chi connectivity index (χ0) is 17.6. The standard InChI is InChI=1S/C19H24F2N2O2/c1-12-6-17(21)15(7-16(12)20)13-2-4-23(5-3-13)18(24)14-8-19(9-14)10-25-11-22-19/h6-7,13-14,22H,2-5,8-11H2,1H3/t14-,19+. The van der Waals surface area contributed by atoms with E-state index in [9.17, 15) is 13.6 Å². The molecule has 136 valence electrons. The van der Waals surface area contributed by atoms with Crippen molar-refractivity contribution in [1.29, 1.82) is 0 Å². The molecule has 0 aromatic heterocycles. The molecule has 1 amide bonds. The Morgan fingerprint density at radius 3 is 2.60 bits per heavy atom. The van der Waals surface area contributed by atoms with E-state index in [1.54, 1.807) is 6.92 Å². The first-order valence-corrected chi connectivity index (χ1v) is 9.04. The smallest absolute Gasteiger partial charge is 0.225 e. The number of amides is 1. The van der Waals surface area contributed by atoms with Gasteiger partial charge in [0.2, 0.25) is 5.91 Å². The molecule has 1 spiro atoms. The van der Waals surface area contributed by atoms with Gasteiger partial charge in [0.1, 0.15) is 11.6 Å². The number of piperidine rings is 1. The summed E-state index contributed by atoms with van der Waals surface area (Å²) in [6.07, 6.45) is 3.04. The van der Waals surface area contributed by atoms with E-state index in [1.807, 2.05) is 4.90 Å². The number of carbonyl (C=O) groups excluding carboxylic acids is 1. The number of ether oxygens (including phenoxy) is 1. The summed E-state index contributed by atoms with van der Waals surface area (Å²) in [6, 6.07) is 2.60. The number of nitrogens with one attached hydrogen (secondary N) is 1. The number of rotatable bonds is 2. The molecule has 6 heteroatoms. The summed E-state index contributed by atoms with van der Waals surface area (Å²) in [4.78, 5) is 14.5. The number of carbonyl (C=O) groups is 1. The topological polar surface area (TPSA) is 41.6 Å². The molecule has 2 saturated heterocycles. The molecule has 0 unspecified atom stereocenters. The van der Waals surface area contributed by atoms with E-state index in [0.29, 0.717) is 50.4 Å². The second-order valence-corrected chi connectivity index (χ2v) is 7.78. The molecule has 4 rings (SSSR count). The van der Waals surface area contributed by atoms with Crippen LogP contribution in [-0.4, -0.2) is 42.8 Å². The summed E-state index contributed by atoms with van der Waals surface area (Å²) in [5, 5.41) is 3.33. The molecule has 1 aromatic rings. The van der Waals surface area contributed by atoms with Gasteiger partial charge in [-0.3, -0.25) is 10.1 Å². The highest BCUT2D eigenvalue weighted by atomic mass is 19.1. The van der Waals surface area contributed by atoms with E-state index < -0.39 is 0 Å². The minimum absolute atomic E-state index is 0.0151. The molecule has 0 radical (unpaired) electrons. The normalized spacial score (nSPS) is 29.9. The molecule has 1 N–H and O–H groups in total. The highest BCUT2D eigenvalue weighted by molar-refractivity contribution is 5.80. The van der Waals surface area contributed by atoms with E-state index in [1.165, 1.54) is 12.1 Å². The largest absolute Gasteiger partial charge is 0.364 e. The van der Waals surface area contributed by atoms with Crippen molar-refractivity contribution in [2.45, 2.75) is 44.1 Å². The van der Waals surface area contributed by atoms with E-state index in [4.69, 9.17) is 4.74 Å². The summed E-state index contributed by atoms with van der Waals surface area (Å²) in [5.74, 6) is -0.442. The van der Waals surface area contributed by atoms with Crippen LogP contribution in [-0.2, 0) is 9.53 Å². The highest BCUT2D eigenvalue weighted by Gasteiger charge is 2.50. The fourth-order valence-corrected chi connectivity index (χ4v) is 4.47. The first-order chi connectivity index (χ1) is 12.0. The number of nitrogens with zero attached hydrogens (tertiary/aromatic N) is 1. The zero-order valence-electron chi connectivity index (χ0n) is 14.5. The Kier molecular flexibility index (Phi) is 4.28. The van der Waals surface area contributed by atoms with Crippen LogP contribution < -0.4 is 5.32 Å². The van der Waals surface area contributed by atoms with E-state index in [-0.39, 0.29) is 34.9 Å². The number of hydrogen-bond acceptors (Lipinski definition) is 3. The average molecular weight is 350 g/mol. The van der Waals surface area contributed by atoms with Gasteiger partial charge < -0.3 is 9.64 Å². The second-order valence-electron chi connectivity index (χ2n) is 7.78. The molecule has 3 fully saturated rings. The Morgan fingerprint density at radius 2 is 1.96 bits per heavy atom. The monoisotopic (exact) mass is 350 g/mol. The van der Waals surface area contributed by atoms with Crippen LogP contribution >= 0.6 is 0 Å². The quantitative estimate of drug-likeness (QED) is 0.892. The molecule has 1 aliphatic carbocycles. The van der Waals surface area contributed by atoms with Crippen LogP contribution in [0.2, 0.25) is 0 Å². The van der Waals surface area contributed by atoms with Gasteiger partial charge in [-0.15, -0.1) is 0 Å². The van der Waals surface area contributed by atoms with Gasteiger partial charge in [-0.2, -0.15) is 0 Å². The van der Waals surface area contributed by atoms with Gasteiger partial charge in [-0.25, -0.2) is 8.78 Å². The van der Waals surface area contributed by atoms with Gasteiger partial charge in [0, 0.05) is 24.5 Å². The first kappa shape index (κ1) is 16.9. The van der Waals surface area contributed by atoms with Crippen LogP contribution in [0.1, 0.15) is 42.7 Å². The maximum atomic E-state index is 14.2. The van der Waals surface area contributed by atoms with E-state index in [0.717, 1.165) is 12.8 Å². The van der Waals surface area contributed by atoms with Crippen molar-refractivity contribution < 1.29 is 18.3 Å². The van der Waals surface area contributed by atoms with Crippen LogP contribution in [0.3, 0.4) is 0 Å². The maximum absolute atomic E-state index is 14.2. The molecular weight excluding hydrogens is 326 g/mol. The summed E-state index contributed by atoms with van der Waals surface area (Å²) in [7, 11) is 0. The van der Waals surface area contributed by atoms with Crippen LogP contribution in [0.15, 0.2) is 12.1 Å². The number of halogens is 2. The van der Waals surface area contributed by atoms with Crippen molar-refractivity contribution >= 4 is 5.91 Å². The molecule has 2 aliphatic heterocycles. The predicted molar refractivity (Wildman–Crippen MR) is 89.1 cm³/mol. The van der Waals surface area contributed by atoms with Crippen LogP contribution in [0.25, 0.3) is 0 Å². The second kappa shape index (κ2) is 6.32. The summed E-state index contributed by atoms with van der Waals surface area (Å²) in [5.41, 5.74) is 0.795. The fraction of sp³-hybridized carbons (Fsp3) is 0.632. The third-order valence-electron chi connectivity index (χ3n) is 6.08. The third kappa shape index (κ3) is 3.06. The van der Waals surface area contributed by atoms with Gasteiger partial charge in [0.05, 0.1) is 13.3 Å². The highest BCUT2D eigenvalue weighted by Crippen LogP contribution is 2.42. The van der Waals surface area contributed by atoms with Gasteiger partial charge in [0.15, 0.2) is 0 Å². The Balaban J connectivity index is 1.34. The molecule has 25 heavy (non-hydrogen) atoms. The van der Waals surface area contributed by atoms with Crippen LogP contribution in [0, 0.1) is 24.5 Å². The molecule has 0 bridgehead atoms. The van der Waals surface area contributed by atoms with Gasteiger partial charge >= 0.3 is 0 Å². The first-order valence-electron chi connectivity index (χ1n) is 9.04. The summed E-state index contributed by atoms with van der Waals surface area (Å²) < 4.78 is 33.3. The Bertz CT molecular complexity index is 672. The fourth-order valence-electron chi connectivity index (χ4n) is 4.47. The van der Waals surface area contributed by atoms with Crippen molar-refractivity contribution in [3.63, 3.8) is 0 Å². The Labute approximate surface area is 146 Å². The van der Waals surface area contributed by atoms with Gasteiger partial charge in [-0.1, -0.05) is 0 Å². The maximum Gasteiger partial charge on any atom is 0.225 e. The predicted octanol–water partition coefficient (Wildman–Crippen LogP) is 2.71. The number of aryl methyl sites for hydroxylation is 1. The van der Waals surface area contributed by atoms with Crippen molar-refractivity contribution in [3.05, 3.63) is 34.9 Å². The van der Waals surface area contributed by atoms with Crippen molar-refractivity contribution in [1.82, 2.24) is 10.2 Å².